The molecule has 0 radical (unpaired) electrons. The van der Waals surface area contributed by atoms with Gasteiger partial charge >= 0.3 is 6.03 Å². The van der Waals surface area contributed by atoms with Crippen LogP contribution in [0.1, 0.15) is 121 Å². The Labute approximate surface area is 297 Å². The third-order valence-corrected chi connectivity index (χ3v) is 12.8. The first-order chi connectivity index (χ1) is 22.8. The van der Waals surface area contributed by atoms with Crippen molar-refractivity contribution in [3.05, 3.63) is 0 Å². The van der Waals surface area contributed by atoms with Gasteiger partial charge in [-0.2, -0.15) is 0 Å². The van der Waals surface area contributed by atoms with Crippen molar-refractivity contribution in [2.24, 2.45) is 38.7 Å². The smallest absolute Gasteiger partial charge is 0.315 e. The van der Waals surface area contributed by atoms with Crippen molar-refractivity contribution in [2.75, 3.05) is 13.1 Å². The summed E-state index contributed by atoms with van der Waals surface area (Å²) in [6, 6.07) is -4.16. The number of likely N-dealkylation sites (tertiary alicyclic amines) is 1. The Balaban J connectivity index is 1.59. The van der Waals surface area contributed by atoms with Crippen LogP contribution in [0.4, 0.5) is 4.79 Å². The predicted molar refractivity (Wildman–Crippen MR) is 188 cm³/mol. The van der Waals surface area contributed by atoms with Crippen LogP contribution in [0.2, 0.25) is 0 Å². The van der Waals surface area contributed by atoms with Gasteiger partial charge in [0.1, 0.15) is 17.7 Å². The fourth-order valence-corrected chi connectivity index (χ4v) is 8.93. The summed E-state index contributed by atoms with van der Waals surface area (Å²) in [4.78, 5) is 81.4. The summed E-state index contributed by atoms with van der Waals surface area (Å²) in [6.07, 6.45) is 6.72. The van der Waals surface area contributed by atoms with Crippen molar-refractivity contribution in [3.8, 4) is 0 Å². The molecule has 2 unspecified atom stereocenters. The zero-order valence-corrected chi connectivity index (χ0v) is 31.9. The molecule has 2 spiro atoms. The molecule has 3 aliphatic carbocycles. The molecule has 0 bridgehead atoms. The van der Waals surface area contributed by atoms with Gasteiger partial charge in [0.05, 0.1) is 12.1 Å². The second-order valence-electron chi connectivity index (χ2n) is 18.8. The summed E-state index contributed by atoms with van der Waals surface area (Å²) >= 11 is 0. The van der Waals surface area contributed by atoms with Gasteiger partial charge in [-0.05, 0) is 67.1 Å². The number of rotatable bonds is 12. The van der Waals surface area contributed by atoms with Crippen LogP contribution in [-0.2, 0) is 24.0 Å². The minimum atomic E-state index is -1.59. The van der Waals surface area contributed by atoms with Gasteiger partial charge in [-0.1, -0.05) is 81.1 Å². The number of nitrogens with zero attached hydrogens (tertiary/aromatic N) is 1. The van der Waals surface area contributed by atoms with Gasteiger partial charge < -0.3 is 37.0 Å². The molecule has 6 amide bonds. The Morgan fingerprint density at radius 1 is 0.860 bits per heavy atom. The van der Waals surface area contributed by atoms with Crippen LogP contribution in [0.3, 0.4) is 0 Å². The molecule has 50 heavy (non-hydrogen) atoms. The second kappa shape index (κ2) is 13.4. The summed E-state index contributed by atoms with van der Waals surface area (Å²) in [5.41, 5.74) is 2.13. The van der Waals surface area contributed by atoms with Crippen molar-refractivity contribution in [3.63, 3.8) is 0 Å². The molecule has 4 aliphatic rings. The molecule has 3 saturated carbocycles. The van der Waals surface area contributed by atoms with E-state index in [9.17, 15) is 33.9 Å². The molecule has 0 aromatic carbocycles. The zero-order chi connectivity index (χ0) is 37.8. The van der Waals surface area contributed by atoms with Crippen molar-refractivity contribution in [1.29, 1.82) is 0 Å². The van der Waals surface area contributed by atoms with E-state index >= 15 is 0 Å². The number of primary amides is 1. The Morgan fingerprint density at radius 2 is 1.46 bits per heavy atom. The Bertz CT molecular complexity index is 1380. The van der Waals surface area contributed by atoms with Crippen molar-refractivity contribution in [1.82, 2.24) is 26.2 Å². The number of hydrogen-bond acceptors (Lipinski definition) is 7. The third kappa shape index (κ3) is 7.25. The van der Waals surface area contributed by atoms with Crippen LogP contribution in [0.15, 0.2) is 0 Å². The van der Waals surface area contributed by atoms with E-state index in [1.807, 2.05) is 41.5 Å². The fourth-order valence-electron chi connectivity index (χ4n) is 8.93. The number of carbonyl (C=O) groups excluding carboxylic acids is 6. The van der Waals surface area contributed by atoms with Crippen LogP contribution in [0, 0.1) is 33.0 Å². The molecular formula is C37H62N6O7. The molecule has 4 rings (SSSR count). The molecule has 7 N–H and O–H groups in total. The van der Waals surface area contributed by atoms with E-state index in [0.717, 1.165) is 38.5 Å². The number of fused-ring (bicyclic) bond motifs is 1. The van der Waals surface area contributed by atoms with E-state index in [2.05, 4.69) is 35.1 Å². The molecule has 0 aromatic heterocycles. The summed E-state index contributed by atoms with van der Waals surface area (Å²) in [7, 11) is 0. The van der Waals surface area contributed by atoms with E-state index in [1.54, 1.807) is 4.90 Å². The van der Waals surface area contributed by atoms with Gasteiger partial charge in [0.25, 0.3) is 11.8 Å². The van der Waals surface area contributed by atoms with E-state index < -0.39 is 76.0 Å². The number of Topliss-reactive ketones (excluding diaryl/α,β-unsaturated/α-hetero) is 1. The fraction of sp³-hybridized carbons (Fsp3) is 0.838. The van der Waals surface area contributed by atoms with E-state index in [0.29, 0.717) is 19.4 Å². The molecule has 282 valence electrons. The lowest BCUT2D eigenvalue weighted by Gasteiger charge is -2.37. The number of urea groups is 1. The molecule has 1 saturated heterocycles. The monoisotopic (exact) mass is 702 g/mol. The minimum Gasteiger partial charge on any atom is -0.381 e. The molecule has 0 aromatic rings. The number of amides is 6. The third-order valence-electron chi connectivity index (χ3n) is 12.8. The Kier molecular flexibility index (Phi) is 10.6. The summed E-state index contributed by atoms with van der Waals surface area (Å²) in [6.45, 7) is 18.8. The Morgan fingerprint density at radius 3 is 1.88 bits per heavy atom. The predicted octanol–water partition coefficient (Wildman–Crippen LogP) is 2.53. The maximum absolute atomic E-state index is 14.7. The maximum Gasteiger partial charge on any atom is 0.315 e. The van der Waals surface area contributed by atoms with Gasteiger partial charge in [-0.15, -0.1) is 0 Å². The van der Waals surface area contributed by atoms with Crippen molar-refractivity contribution in [2.45, 2.75) is 150 Å². The highest BCUT2D eigenvalue weighted by Gasteiger charge is 2.85. The minimum absolute atomic E-state index is 0.0114. The summed E-state index contributed by atoms with van der Waals surface area (Å²) in [5, 5.41) is 21.4. The average molecular weight is 703 g/mol. The normalized spacial score (nSPS) is 25.8. The first-order valence-electron chi connectivity index (χ1n) is 18.3. The number of carbonyl (C=O) groups is 6. The number of aliphatic hydroxyl groups is 1. The van der Waals surface area contributed by atoms with E-state index in [-0.39, 0.29) is 28.7 Å². The van der Waals surface area contributed by atoms with Crippen LogP contribution < -0.4 is 27.0 Å². The van der Waals surface area contributed by atoms with Gasteiger partial charge in [0.15, 0.2) is 0 Å². The SMILES string of the molecule is CC(C)(O)C(=O)NCC(NC(=O)N[C@H](C(=O)N1C[C@]2(C[C@H]1C(=O)NC(CC1CCC1)C(=O)C(N)=O)C(C)(C)C21CCC1)C(C)(C)C)C(C)(C)C. The summed E-state index contributed by atoms with van der Waals surface area (Å²) in [5.74, 6) is -3.19. The van der Waals surface area contributed by atoms with Gasteiger partial charge in [0.2, 0.25) is 17.6 Å². The molecule has 13 heteroatoms. The number of ketones is 1. The highest BCUT2D eigenvalue weighted by Crippen LogP contribution is 2.88. The highest BCUT2D eigenvalue weighted by molar-refractivity contribution is 6.37. The first-order valence-corrected chi connectivity index (χ1v) is 18.3. The van der Waals surface area contributed by atoms with Crippen LogP contribution in [0.5, 0.6) is 0 Å². The Hall–Kier alpha value is -3.22. The van der Waals surface area contributed by atoms with Crippen LogP contribution in [-0.4, -0.2) is 88.3 Å². The summed E-state index contributed by atoms with van der Waals surface area (Å²) < 4.78 is 0. The first kappa shape index (κ1) is 39.6. The topological polar surface area (TPSA) is 200 Å². The number of nitrogens with two attached hydrogens (primary N) is 1. The molecule has 1 heterocycles. The van der Waals surface area contributed by atoms with Crippen molar-refractivity contribution < 1.29 is 33.9 Å². The van der Waals surface area contributed by atoms with Gasteiger partial charge in [-0.25, -0.2) is 4.79 Å². The van der Waals surface area contributed by atoms with Gasteiger partial charge in [-0.3, -0.25) is 24.0 Å². The molecule has 1 aliphatic heterocycles. The zero-order valence-electron chi connectivity index (χ0n) is 31.9. The number of nitrogens with one attached hydrogen (secondary N) is 4. The average Bonchev–Trinajstić information content (AvgIpc) is 3.16. The molecular weight excluding hydrogens is 640 g/mol. The highest BCUT2D eigenvalue weighted by atomic mass is 16.3. The van der Waals surface area contributed by atoms with Gasteiger partial charge in [0, 0.05) is 18.5 Å². The van der Waals surface area contributed by atoms with Crippen LogP contribution in [0.25, 0.3) is 0 Å². The second-order valence-corrected chi connectivity index (χ2v) is 18.8. The standard InChI is InChI=1S/C37H62N6O7/c1-32(2,3)24(19-39-30(48)34(7,8)50)41-31(49)42-26(33(4,5)6)29(47)43-20-37(35(9,10)36(37)15-12-16-36)18-23(43)28(46)40-22(25(44)27(38)45)17-21-13-11-14-21/h21-24,26,50H,11-20H2,1-10H3,(H2,38,45)(H,39,48)(H,40,46)(H2,41,42,49)/t22?,23-,24?,26+,37+/m0/s1. The largest absolute Gasteiger partial charge is 0.381 e. The van der Waals surface area contributed by atoms with E-state index in [4.69, 9.17) is 5.73 Å². The maximum atomic E-state index is 14.7. The molecule has 5 atom stereocenters. The lowest BCUT2D eigenvalue weighted by atomic mass is 9.73. The molecule has 4 fully saturated rings. The van der Waals surface area contributed by atoms with Crippen molar-refractivity contribution >= 4 is 35.4 Å². The van der Waals surface area contributed by atoms with E-state index in [1.165, 1.54) is 13.8 Å². The lowest BCUT2D eigenvalue weighted by molar-refractivity contribution is -0.143. The quantitative estimate of drug-likeness (QED) is 0.168. The van der Waals surface area contributed by atoms with Crippen LogP contribution >= 0.6 is 0 Å². The number of hydrogen-bond donors (Lipinski definition) is 6. The molecule has 13 nitrogen and oxygen atoms in total. The lowest BCUT2D eigenvalue weighted by Crippen LogP contribution is -2.62.